The molecular formula is C18H31IN4O. The third kappa shape index (κ3) is 5.81. The molecule has 6 heteroatoms. The van der Waals surface area contributed by atoms with Gasteiger partial charge in [0.15, 0.2) is 5.96 Å². The van der Waals surface area contributed by atoms with Crippen molar-refractivity contribution in [2.45, 2.75) is 39.3 Å². The summed E-state index contributed by atoms with van der Waals surface area (Å²) in [5.41, 5.74) is 2.34. The van der Waals surface area contributed by atoms with Crippen LogP contribution >= 0.6 is 24.0 Å². The zero-order valence-electron chi connectivity index (χ0n) is 15.3. The third-order valence-corrected chi connectivity index (χ3v) is 4.57. The number of guanidine groups is 1. The van der Waals surface area contributed by atoms with Gasteiger partial charge in [-0.2, -0.15) is 0 Å². The van der Waals surface area contributed by atoms with E-state index in [9.17, 15) is 0 Å². The molecule has 1 saturated heterocycles. The summed E-state index contributed by atoms with van der Waals surface area (Å²) in [6.45, 7) is 8.32. The number of likely N-dealkylation sites (N-methyl/N-ethyl adjacent to an activating group) is 1. The molecule has 1 atom stereocenters. The Hall–Kier alpha value is -1.02. The maximum atomic E-state index is 5.38. The quantitative estimate of drug-likeness (QED) is 0.401. The van der Waals surface area contributed by atoms with Crippen LogP contribution in [0.2, 0.25) is 0 Å². The monoisotopic (exact) mass is 446 g/mol. The first-order valence-electron chi connectivity index (χ1n) is 8.50. The largest absolute Gasteiger partial charge is 0.496 e. The zero-order chi connectivity index (χ0) is 16.7. The van der Waals surface area contributed by atoms with E-state index in [1.165, 1.54) is 24.9 Å². The fourth-order valence-corrected chi connectivity index (χ4v) is 3.14. The molecule has 1 fully saturated rings. The maximum Gasteiger partial charge on any atom is 0.191 e. The number of rotatable bonds is 6. The number of methoxy groups -OCH3 is 1. The summed E-state index contributed by atoms with van der Waals surface area (Å²) in [6.07, 6.45) is 2.57. The minimum absolute atomic E-state index is 0. The Labute approximate surface area is 163 Å². The van der Waals surface area contributed by atoms with Gasteiger partial charge in [-0.1, -0.05) is 19.1 Å². The molecule has 1 heterocycles. The van der Waals surface area contributed by atoms with Crippen LogP contribution in [0.1, 0.15) is 30.9 Å². The summed E-state index contributed by atoms with van der Waals surface area (Å²) in [7, 11) is 3.53. The van der Waals surface area contributed by atoms with Crippen LogP contribution in [-0.2, 0) is 6.54 Å². The Bertz CT molecular complexity index is 536. The summed E-state index contributed by atoms with van der Waals surface area (Å²) in [5.74, 6) is 1.78. The first-order valence-corrected chi connectivity index (χ1v) is 8.50. The molecule has 0 bridgehead atoms. The smallest absolute Gasteiger partial charge is 0.191 e. The predicted octanol–water partition coefficient (Wildman–Crippen LogP) is 2.77. The maximum absolute atomic E-state index is 5.38. The van der Waals surface area contributed by atoms with E-state index in [1.807, 2.05) is 7.05 Å². The van der Waals surface area contributed by atoms with Crippen molar-refractivity contribution >= 4 is 29.9 Å². The Balaban J connectivity index is 0.00000288. The van der Waals surface area contributed by atoms with E-state index in [-0.39, 0.29) is 24.0 Å². The molecule has 0 saturated carbocycles. The topological polar surface area (TPSA) is 48.9 Å². The number of nitrogens with one attached hydrogen (secondary N) is 2. The normalized spacial score (nSPS) is 18.2. The molecule has 0 spiro atoms. The van der Waals surface area contributed by atoms with Crippen LogP contribution in [0.5, 0.6) is 5.75 Å². The number of aliphatic imine (C=N–C) groups is 1. The van der Waals surface area contributed by atoms with E-state index in [2.05, 4.69) is 52.6 Å². The third-order valence-electron chi connectivity index (χ3n) is 4.57. The summed E-state index contributed by atoms with van der Waals surface area (Å²) in [5, 5.41) is 6.83. The Kier molecular flexibility index (Phi) is 9.43. The van der Waals surface area contributed by atoms with E-state index >= 15 is 0 Å². The highest BCUT2D eigenvalue weighted by atomic mass is 127. The number of nitrogens with zero attached hydrogens (tertiary/aromatic N) is 2. The van der Waals surface area contributed by atoms with E-state index in [0.717, 1.165) is 36.9 Å². The fraction of sp³-hybridized carbons (Fsp3) is 0.611. The van der Waals surface area contributed by atoms with Gasteiger partial charge in [0.05, 0.1) is 7.11 Å². The van der Waals surface area contributed by atoms with Gasteiger partial charge in [-0.15, -0.1) is 24.0 Å². The molecular weight excluding hydrogens is 415 g/mol. The zero-order valence-corrected chi connectivity index (χ0v) is 17.6. The summed E-state index contributed by atoms with van der Waals surface area (Å²) >= 11 is 0. The van der Waals surface area contributed by atoms with Crippen molar-refractivity contribution in [2.75, 3.05) is 33.8 Å². The van der Waals surface area contributed by atoms with Crippen LogP contribution in [0, 0.1) is 6.92 Å². The predicted molar refractivity (Wildman–Crippen MR) is 112 cm³/mol. The lowest BCUT2D eigenvalue weighted by Gasteiger charge is -2.24. The second-order valence-electron chi connectivity index (χ2n) is 6.04. The standard InChI is InChI=1S/C18H30N4O.HI/c1-5-22-10-6-7-16(22)13-21-18(19-3)20-12-15-9-8-14(2)17(11-15)23-4;/h8-9,11,16H,5-7,10,12-13H2,1-4H3,(H2,19,20,21);1H. The Morgan fingerprint density at radius 2 is 2.17 bits per heavy atom. The van der Waals surface area contributed by atoms with Gasteiger partial charge >= 0.3 is 0 Å². The average Bonchev–Trinajstić information content (AvgIpc) is 3.03. The molecule has 2 N–H and O–H groups in total. The summed E-state index contributed by atoms with van der Waals surface area (Å²) < 4.78 is 5.38. The minimum atomic E-state index is 0. The Morgan fingerprint density at radius 1 is 1.38 bits per heavy atom. The van der Waals surface area contributed by atoms with E-state index < -0.39 is 0 Å². The molecule has 0 aliphatic carbocycles. The molecule has 5 nitrogen and oxygen atoms in total. The molecule has 2 rings (SSSR count). The number of aryl methyl sites for hydroxylation is 1. The van der Waals surface area contributed by atoms with Crippen LogP contribution in [0.15, 0.2) is 23.2 Å². The number of hydrogen-bond donors (Lipinski definition) is 2. The minimum Gasteiger partial charge on any atom is -0.496 e. The van der Waals surface area contributed by atoms with E-state index in [1.54, 1.807) is 7.11 Å². The van der Waals surface area contributed by atoms with Gasteiger partial charge in [0.2, 0.25) is 0 Å². The van der Waals surface area contributed by atoms with E-state index in [4.69, 9.17) is 4.74 Å². The fourth-order valence-electron chi connectivity index (χ4n) is 3.14. The highest BCUT2D eigenvalue weighted by Gasteiger charge is 2.22. The second-order valence-corrected chi connectivity index (χ2v) is 6.04. The highest BCUT2D eigenvalue weighted by Crippen LogP contribution is 2.19. The molecule has 1 unspecified atom stereocenters. The first kappa shape index (κ1) is 21.0. The number of halogens is 1. The van der Waals surface area contributed by atoms with Gasteiger partial charge in [-0.3, -0.25) is 9.89 Å². The van der Waals surface area contributed by atoms with Gasteiger partial charge < -0.3 is 15.4 Å². The highest BCUT2D eigenvalue weighted by molar-refractivity contribution is 14.0. The lowest BCUT2D eigenvalue weighted by Crippen LogP contribution is -2.44. The van der Waals surface area contributed by atoms with Crippen molar-refractivity contribution < 1.29 is 4.74 Å². The first-order chi connectivity index (χ1) is 11.2. The molecule has 1 aromatic rings. The molecule has 24 heavy (non-hydrogen) atoms. The Morgan fingerprint density at radius 3 is 2.83 bits per heavy atom. The lowest BCUT2D eigenvalue weighted by molar-refractivity contribution is 0.267. The van der Waals surface area contributed by atoms with Crippen molar-refractivity contribution in [3.05, 3.63) is 29.3 Å². The lowest BCUT2D eigenvalue weighted by atomic mass is 10.1. The van der Waals surface area contributed by atoms with E-state index in [0.29, 0.717) is 6.04 Å². The van der Waals surface area contributed by atoms with Crippen LogP contribution in [0.3, 0.4) is 0 Å². The number of benzene rings is 1. The van der Waals surface area contributed by atoms with Crippen molar-refractivity contribution in [1.29, 1.82) is 0 Å². The number of ether oxygens (including phenoxy) is 1. The van der Waals surface area contributed by atoms with Gasteiger partial charge in [-0.05, 0) is 50.0 Å². The number of hydrogen-bond acceptors (Lipinski definition) is 3. The van der Waals surface area contributed by atoms with Crippen LogP contribution in [0.25, 0.3) is 0 Å². The van der Waals surface area contributed by atoms with Crippen LogP contribution < -0.4 is 15.4 Å². The van der Waals surface area contributed by atoms with Gasteiger partial charge in [-0.25, -0.2) is 0 Å². The van der Waals surface area contributed by atoms with Crippen LogP contribution in [-0.4, -0.2) is 50.7 Å². The SMILES string of the molecule is CCN1CCCC1CNC(=NC)NCc1ccc(C)c(OC)c1.I. The van der Waals surface area contributed by atoms with Crippen molar-refractivity contribution in [3.8, 4) is 5.75 Å². The van der Waals surface area contributed by atoms with Gasteiger partial charge in [0.1, 0.15) is 5.75 Å². The second kappa shape index (κ2) is 10.8. The molecule has 1 aliphatic heterocycles. The molecule has 136 valence electrons. The van der Waals surface area contributed by atoms with Gasteiger partial charge in [0.25, 0.3) is 0 Å². The molecule has 1 aromatic carbocycles. The van der Waals surface area contributed by atoms with Crippen molar-refractivity contribution in [1.82, 2.24) is 15.5 Å². The molecule has 0 aromatic heterocycles. The van der Waals surface area contributed by atoms with Gasteiger partial charge in [0, 0.05) is 26.2 Å². The van der Waals surface area contributed by atoms with Crippen molar-refractivity contribution in [2.24, 2.45) is 4.99 Å². The number of likely N-dealkylation sites (tertiary alicyclic amines) is 1. The summed E-state index contributed by atoms with van der Waals surface area (Å²) in [6, 6.07) is 6.90. The van der Waals surface area contributed by atoms with Crippen molar-refractivity contribution in [3.63, 3.8) is 0 Å². The molecule has 0 radical (unpaired) electrons. The summed E-state index contributed by atoms with van der Waals surface area (Å²) in [4.78, 5) is 6.85. The average molecular weight is 446 g/mol. The molecule has 0 amide bonds. The van der Waals surface area contributed by atoms with Crippen LogP contribution in [0.4, 0.5) is 0 Å². The molecule has 1 aliphatic rings.